The lowest BCUT2D eigenvalue weighted by Gasteiger charge is -2.06. The lowest BCUT2D eigenvalue weighted by molar-refractivity contribution is 0.333. The van der Waals surface area contributed by atoms with Crippen LogP contribution in [0.5, 0.6) is 0 Å². The van der Waals surface area contributed by atoms with Crippen molar-refractivity contribution < 1.29 is 5.11 Å². The molecule has 0 bridgehead atoms. The first-order chi connectivity index (χ1) is 5.20. The number of aliphatic hydroxyl groups excluding tert-OH is 1. The second kappa shape index (κ2) is 3.42. The van der Waals surface area contributed by atoms with E-state index in [2.05, 4.69) is 0 Å². The zero-order valence-electron chi connectivity index (χ0n) is 6.51. The maximum absolute atomic E-state index is 9.36. The zero-order valence-corrected chi connectivity index (χ0v) is 6.51. The van der Waals surface area contributed by atoms with Crippen molar-refractivity contribution >= 4 is 5.84 Å². The third kappa shape index (κ3) is 2.26. The number of aliphatic hydroxyl groups is 1. The highest BCUT2D eigenvalue weighted by molar-refractivity contribution is 5.88. The largest absolute Gasteiger partial charge is 0.512 e. The van der Waals surface area contributed by atoms with Crippen LogP contribution in [0.25, 0.3) is 0 Å². The van der Waals surface area contributed by atoms with E-state index >= 15 is 0 Å². The molecule has 4 N–H and O–H groups in total. The molecule has 1 saturated carbocycles. The second-order valence-electron chi connectivity index (χ2n) is 3.01. The minimum atomic E-state index is -0.0607. The van der Waals surface area contributed by atoms with Gasteiger partial charge in [-0.1, -0.05) is 12.8 Å². The second-order valence-corrected chi connectivity index (χ2v) is 3.01. The minimum Gasteiger partial charge on any atom is -0.512 e. The van der Waals surface area contributed by atoms with Gasteiger partial charge in [0.25, 0.3) is 0 Å². The molecular formula is C8H14N2O. The molecule has 1 aliphatic carbocycles. The number of amidine groups is 1. The summed E-state index contributed by atoms with van der Waals surface area (Å²) in [5.41, 5.74) is 5.11. The highest BCUT2D eigenvalue weighted by Crippen LogP contribution is 2.29. The Labute approximate surface area is 66.4 Å². The summed E-state index contributed by atoms with van der Waals surface area (Å²) in [4.78, 5) is 0. The summed E-state index contributed by atoms with van der Waals surface area (Å²) < 4.78 is 0. The lowest BCUT2D eigenvalue weighted by Crippen LogP contribution is -2.09. The number of allylic oxidation sites excluding steroid dienone is 1. The van der Waals surface area contributed by atoms with E-state index in [4.69, 9.17) is 11.1 Å². The van der Waals surface area contributed by atoms with Gasteiger partial charge in [-0.05, 0) is 12.8 Å². The van der Waals surface area contributed by atoms with E-state index in [0.29, 0.717) is 0 Å². The van der Waals surface area contributed by atoms with Crippen LogP contribution in [0, 0.1) is 11.3 Å². The fraction of sp³-hybridized carbons (Fsp3) is 0.625. The van der Waals surface area contributed by atoms with E-state index in [-0.39, 0.29) is 17.5 Å². The highest BCUT2D eigenvalue weighted by Gasteiger charge is 2.18. The predicted molar refractivity (Wildman–Crippen MR) is 44.6 cm³/mol. The molecule has 0 saturated heterocycles. The third-order valence-corrected chi connectivity index (χ3v) is 2.08. The van der Waals surface area contributed by atoms with Crippen molar-refractivity contribution in [1.29, 1.82) is 5.41 Å². The standard InChI is InChI=1S/C8H14N2O/c9-8(10)5-7(11)6-3-1-2-4-6/h5-6,11H,1-4H2,(H3,9,10)/b7-5-. The van der Waals surface area contributed by atoms with Gasteiger partial charge in [-0.3, -0.25) is 5.41 Å². The summed E-state index contributed by atoms with van der Waals surface area (Å²) >= 11 is 0. The van der Waals surface area contributed by atoms with Crippen LogP contribution in [-0.2, 0) is 0 Å². The van der Waals surface area contributed by atoms with Crippen LogP contribution in [0.3, 0.4) is 0 Å². The molecule has 0 aromatic heterocycles. The minimum absolute atomic E-state index is 0.0607. The van der Waals surface area contributed by atoms with E-state index in [9.17, 15) is 5.11 Å². The molecule has 0 aromatic carbocycles. The molecule has 0 radical (unpaired) electrons. The molecule has 0 amide bonds. The van der Waals surface area contributed by atoms with Crippen LogP contribution in [0.1, 0.15) is 25.7 Å². The Balaban J connectivity index is 2.51. The number of rotatable bonds is 2. The molecule has 1 fully saturated rings. The smallest absolute Gasteiger partial charge is 0.118 e. The van der Waals surface area contributed by atoms with E-state index in [1.807, 2.05) is 0 Å². The average molecular weight is 154 g/mol. The van der Waals surface area contributed by atoms with Crippen LogP contribution >= 0.6 is 0 Å². The topological polar surface area (TPSA) is 70.1 Å². The Hall–Kier alpha value is -0.990. The third-order valence-electron chi connectivity index (χ3n) is 2.08. The molecule has 0 heterocycles. The van der Waals surface area contributed by atoms with Crippen molar-refractivity contribution in [3.8, 4) is 0 Å². The fourth-order valence-corrected chi connectivity index (χ4v) is 1.50. The van der Waals surface area contributed by atoms with Crippen LogP contribution in [0.2, 0.25) is 0 Å². The summed E-state index contributed by atoms with van der Waals surface area (Å²) in [6, 6.07) is 0. The van der Waals surface area contributed by atoms with Crippen LogP contribution < -0.4 is 5.73 Å². The predicted octanol–water partition coefficient (Wildman–Crippen LogP) is 1.55. The Morgan fingerprint density at radius 2 is 2.00 bits per heavy atom. The fourth-order valence-electron chi connectivity index (χ4n) is 1.50. The maximum Gasteiger partial charge on any atom is 0.118 e. The number of hydrogen-bond donors (Lipinski definition) is 3. The van der Waals surface area contributed by atoms with Crippen molar-refractivity contribution in [3.05, 3.63) is 11.8 Å². The monoisotopic (exact) mass is 154 g/mol. The van der Waals surface area contributed by atoms with Crippen molar-refractivity contribution in [2.45, 2.75) is 25.7 Å². The molecule has 0 atom stereocenters. The summed E-state index contributed by atoms with van der Waals surface area (Å²) in [5, 5.41) is 16.3. The van der Waals surface area contributed by atoms with Gasteiger partial charge in [0.2, 0.25) is 0 Å². The van der Waals surface area contributed by atoms with E-state index in [0.717, 1.165) is 12.8 Å². The van der Waals surface area contributed by atoms with E-state index < -0.39 is 0 Å². The van der Waals surface area contributed by atoms with Gasteiger partial charge in [0.05, 0.1) is 5.76 Å². The first kappa shape index (κ1) is 8.11. The van der Waals surface area contributed by atoms with Gasteiger partial charge in [-0.2, -0.15) is 0 Å². The molecule has 0 aromatic rings. The first-order valence-corrected chi connectivity index (χ1v) is 3.94. The van der Waals surface area contributed by atoms with Crippen molar-refractivity contribution in [2.75, 3.05) is 0 Å². The van der Waals surface area contributed by atoms with Gasteiger partial charge < -0.3 is 10.8 Å². The zero-order chi connectivity index (χ0) is 8.27. The van der Waals surface area contributed by atoms with Crippen molar-refractivity contribution in [2.24, 2.45) is 11.7 Å². The van der Waals surface area contributed by atoms with Gasteiger partial charge in [0.15, 0.2) is 0 Å². The molecular weight excluding hydrogens is 140 g/mol. The van der Waals surface area contributed by atoms with Gasteiger partial charge in [-0.25, -0.2) is 0 Å². The van der Waals surface area contributed by atoms with Crippen LogP contribution in [0.4, 0.5) is 0 Å². The Morgan fingerprint density at radius 1 is 1.45 bits per heavy atom. The van der Waals surface area contributed by atoms with Crippen molar-refractivity contribution in [3.63, 3.8) is 0 Å². The van der Waals surface area contributed by atoms with E-state index in [1.54, 1.807) is 0 Å². The van der Waals surface area contributed by atoms with Gasteiger partial charge >= 0.3 is 0 Å². The molecule has 62 valence electrons. The Morgan fingerprint density at radius 3 is 2.45 bits per heavy atom. The van der Waals surface area contributed by atoms with E-state index in [1.165, 1.54) is 18.9 Å². The number of nitrogens with one attached hydrogen (secondary N) is 1. The van der Waals surface area contributed by atoms with Gasteiger partial charge in [0.1, 0.15) is 5.84 Å². The summed E-state index contributed by atoms with van der Waals surface area (Å²) in [5.74, 6) is 0.489. The molecule has 3 nitrogen and oxygen atoms in total. The lowest BCUT2D eigenvalue weighted by atomic mass is 10.1. The molecule has 3 heteroatoms. The summed E-state index contributed by atoms with van der Waals surface area (Å²) in [7, 11) is 0. The number of hydrogen-bond acceptors (Lipinski definition) is 2. The molecule has 1 aliphatic rings. The maximum atomic E-state index is 9.36. The molecule has 0 spiro atoms. The molecule has 0 unspecified atom stereocenters. The summed E-state index contributed by atoms with van der Waals surface area (Å²) in [6.07, 6.45) is 5.78. The average Bonchev–Trinajstić information content (AvgIpc) is 2.35. The Kier molecular flexibility index (Phi) is 2.52. The Bertz CT molecular complexity index is 181. The number of nitrogens with two attached hydrogens (primary N) is 1. The van der Waals surface area contributed by atoms with Crippen LogP contribution in [0.15, 0.2) is 11.8 Å². The summed E-state index contributed by atoms with van der Waals surface area (Å²) in [6.45, 7) is 0. The highest BCUT2D eigenvalue weighted by atomic mass is 16.3. The van der Waals surface area contributed by atoms with Gasteiger partial charge in [-0.15, -0.1) is 0 Å². The molecule has 11 heavy (non-hydrogen) atoms. The molecule has 1 rings (SSSR count). The SMILES string of the molecule is N=C(N)/C=C(\O)C1CCCC1. The van der Waals surface area contributed by atoms with Gasteiger partial charge in [0, 0.05) is 12.0 Å². The normalized spacial score (nSPS) is 20.5. The molecule has 0 aliphatic heterocycles. The quantitative estimate of drug-likeness (QED) is 0.321. The van der Waals surface area contributed by atoms with Crippen molar-refractivity contribution in [1.82, 2.24) is 0 Å². The van der Waals surface area contributed by atoms with Crippen LogP contribution in [-0.4, -0.2) is 10.9 Å². The first-order valence-electron chi connectivity index (χ1n) is 3.94.